The van der Waals surface area contributed by atoms with E-state index in [0.717, 1.165) is 16.2 Å². The number of hydrogen-bond donors (Lipinski definition) is 0. The second-order valence-electron chi connectivity index (χ2n) is 2.70. The molecule has 0 saturated heterocycles. The topological polar surface area (TPSA) is 26.3 Å². The molecule has 1 aromatic rings. The van der Waals surface area contributed by atoms with Crippen LogP contribution in [0.2, 0.25) is 5.32 Å². The predicted molar refractivity (Wildman–Crippen MR) is 59.6 cm³/mol. The van der Waals surface area contributed by atoms with Crippen LogP contribution >= 0.6 is 15.9 Å². The zero-order valence-corrected chi connectivity index (χ0v) is 10.8. The summed E-state index contributed by atoms with van der Waals surface area (Å²) >= 11 is 6.17. The van der Waals surface area contributed by atoms with Crippen molar-refractivity contribution in [1.82, 2.24) is 0 Å². The minimum absolute atomic E-state index is 0.258. The van der Waals surface area contributed by atoms with Crippen molar-refractivity contribution < 1.29 is 9.53 Å². The second-order valence-corrected chi connectivity index (χ2v) is 4.47. The molecule has 0 N–H and O–H groups in total. The van der Waals surface area contributed by atoms with Crippen molar-refractivity contribution in [2.24, 2.45) is 0 Å². The molecule has 0 aromatic heterocycles. The molecule has 1 radical (unpaired) electrons. The van der Waals surface area contributed by atoms with E-state index in [1.807, 2.05) is 12.1 Å². The molecule has 75 valence electrons. The number of rotatable bonds is 4. The molecular formula is C10H10BrO2Se. The van der Waals surface area contributed by atoms with Gasteiger partial charge in [0.1, 0.15) is 0 Å². The molecule has 0 spiro atoms. The van der Waals surface area contributed by atoms with E-state index in [1.54, 1.807) is 12.1 Å². The Bertz CT molecular complexity index is 297. The standard InChI is InChI=1S/C10H10BrO2Se/c11-9-4-2-8(3-5-9)10(12)13-6-1-7-14/h2-5H,1,6-7H2. The van der Waals surface area contributed by atoms with Crippen molar-refractivity contribution in [3.05, 3.63) is 34.3 Å². The van der Waals surface area contributed by atoms with Crippen LogP contribution < -0.4 is 0 Å². The molecule has 4 heteroatoms. The van der Waals surface area contributed by atoms with Crippen LogP contribution in [0, 0.1) is 0 Å². The predicted octanol–water partition coefficient (Wildman–Crippen LogP) is 2.58. The monoisotopic (exact) mass is 321 g/mol. The average Bonchev–Trinajstić information content (AvgIpc) is 2.19. The Balaban J connectivity index is 2.48. The maximum absolute atomic E-state index is 11.4. The Hall–Kier alpha value is -0.311. The molecular weight excluding hydrogens is 311 g/mol. The van der Waals surface area contributed by atoms with Crippen molar-refractivity contribution in [3.63, 3.8) is 0 Å². The van der Waals surface area contributed by atoms with E-state index in [9.17, 15) is 4.79 Å². The van der Waals surface area contributed by atoms with E-state index in [1.165, 1.54) is 0 Å². The van der Waals surface area contributed by atoms with E-state index < -0.39 is 0 Å². The molecule has 0 aliphatic heterocycles. The molecule has 0 aliphatic rings. The first-order valence-electron chi connectivity index (χ1n) is 4.25. The maximum atomic E-state index is 11.4. The van der Waals surface area contributed by atoms with Crippen LogP contribution in [0.4, 0.5) is 0 Å². The number of carbonyl (C=O) groups excluding carboxylic acids is 1. The fourth-order valence-electron chi connectivity index (χ4n) is 0.893. The fourth-order valence-corrected chi connectivity index (χ4v) is 1.40. The van der Waals surface area contributed by atoms with Gasteiger partial charge in [0.2, 0.25) is 0 Å². The molecule has 1 aromatic carbocycles. The summed E-state index contributed by atoms with van der Waals surface area (Å²) in [6.07, 6.45) is 0.863. The zero-order chi connectivity index (χ0) is 10.4. The number of halogens is 1. The number of hydrogen-bond acceptors (Lipinski definition) is 2. The van der Waals surface area contributed by atoms with Crippen LogP contribution in [0.1, 0.15) is 16.8 Å². The van der Waals surface area contributed by atoms with Gasteiger partial charge in [0, 0.05) is 0 Å². The molecule has 0 heterocycles. The SMILES string of the molecule is O=C(OCCC[Se])c1ccc(Br)cc1. The van der Waals surface area contributed by atoms with Gasteiger partial charge < -0.3 is 0 Å². The van der Waals surface area contributed by atoms with Crippen molar-refractivity contribution in [2.45, 2.75) is 11.7 Å². The van der Waals surface area contributed by atoms with Gasteiger partial charge in [-0.25, -0.2) is 0 Å². The van der Waals surface area contributed by atoms with E-state index >= 15 is 0 Å². The van der Waals surface area contributed by atoms with Gasteiger partial charge in [-0.05, 0) is 0 Å². The van der Waals surface area contributed by atoms with E-state index in [4.69, 9.17) is 4.74 Å². The Labute approximate surface area is 100.0 Å². The van der Waals surface area contributed by atoms with Crippen molar-refractivity contribution in [1.29, 1.82) is 0 Å². The van der Waals surface area contributed by atoms with Gasteiger partial charge in [0.25, 0.3) is 0 Å². The van der Waals surface area contributed by atoms with E-state index in [-0.39, 0.29) is 5.97 Å². The third-order valence-electron chi connectivity index (χ3n) is 1.60. The summed E-state index contributed by atoms with van der Waals surface area (Å²) in [6.45, 7) is 0.474. The summed E-state index contributed by atoms with van der Waals surface area (Å²) in [6, 6.07) is 7.13. The van der Waals surface area contributed by atoms with E-state index in [0.29, 0.717) is 12.2 Å². The second kappa shape index (κ2) is 6.23. The van der Waals surface area contributed by atoms with E-state index in [2.05, 4.69) is 31.9 Å². The summed E-state index contributed by atoms with van der Waals surface area (Å²) in [4.78, 5) is 11.4. The van der Waals surface area contributed by atoms with Gasteiger partial charge in [-0.2, -0.15) is 0 Å². The number of ether oxygens (including phenoxy) is 1. The summed E-state index contributed by atoms with van der Waals surface area (Å²) < 4.78 is 5.99. The van der Waals surface area contributed by atoms with Crippen LogP contribution in [0.25, 0.3) is 0 Å². The number of benzene rings is 1. The Morgan fingerprint density at radius 2 is 2.00 bits per heavy atom. The molecule has 1 rings (SSSR count). The van der Waals surface area contributed by atoms with Crippen molar-refractivity contribution in [2.75, 3.05) is 6.61 Å². The van der Waals surface area contributed by atoms with Crippen LogP contribution in [-0.2, 0) is 4.74 Å². The molecule has 0 atom stereocenters. The molecule has 2 nitrogen and oxygen atoms in total. The van der Waals surface area contributed by atoms with Gasteiger partial charge in [-0.15, -0.1) is 0 Å². The third-order valence-corrected chi connectivity index (χ3v) is 2.74. The Morgan fingerprint density at radius 1 is 1.36 bits per heavy atom. The summed E-state index contributed by atoms with van der Waals surface area (Å²) in [5.74, 6) is -0.258. The summed E-state index contributed by atoms with van der Waals surface area (Å²) in [5, 5.41) is 0.910. The molecule has 0 amide bonds. The number of carbonyl (C=O) groups is 1. The van der Waals surface area contributed by atoms with Crippen LogP contribution in [0.5, 0.6) is 0 Å². The molecule has 0 saturated carbocycles. The quantitative estimate of drug-likeness (QED) is 0.484. The van der Waals surface area contributed by atoms with Gasteiger partial charge in [-0.3, -0.25) is 0 Å². The molecule has 0 unspecified atom stereocenters. The van der Waals surface area contributed by atoms with Gasteiger partial charge in [0.05, 0.1) is 0 Å². The summed E-state index contributed by atoms with van der Waals surface area (Å²) in [5.41, 5.74) is 0.591. The Morgan fingerprint density at radius 3 is 2.57 bits per heavy atom. The fraction of sp³-hybridized carbons (Fsp3) is 0.300. The number of esters is 1. The molecule has 14 heavy (non-hydrogen) atoms. The third kappa shape index (κ3) is 3.82. The van der Waals surface area contributed by atoms with Crippen molar-refractivity contribution in [3.8, 4) is 0 Å². The van der Waals surface area contributed by atoms with Crippen LogP contribution in [-0.4, -0.2) is 28.6 Å². The Kier molecular flexibility index (Phi) is 5.23. The van der Waals surface area contributed by atoms with Gasteiger partial charge in [0.15, 0.2) is 0 Å². The van der Waals surface area contributed by atoms with Gasteiger partial charge >= 0.3 is 100 Å². The van der Waals surface area contributed by atoms with Crippen molar-refractivity contribution >= 4 is 37.9 Å². The summed E-state index contributed by atoms with van der Waals surface area (Å²) in [7, 11) is 0. The minimum atomic E-state index is -0.258. The normalized spacial score (nSPS) is 9.86. The molecule has 0 bridgehead atoms. The van der Waals surface area contributed by atoms with Crippen LogP contribution in [0.15, 0.2) is 28.7 Å². The first-order valence-corrected chi connectivity index (χ1v) is 6.25. The first kappa shape index (κ1) is 11.8. The average molecular weight is 321 g/mol. The van der Waals surface area contributed by atoms with Gasteiger partial charge in [-0.1, -0.05) is 0 Å². The molecule has 0 fully saturated rings. The first-order chi connectivity index (χ1) is 6.74. The van der Waals surface area contributed by atoms with Crippen LogP contribution in [0.3, 0.4) is 0 Å². The zero-order valence-electron chi connectivity index (χ0n) is 7.53. The molecule has 0 aliphatic carbocycles.